The van der Waals surface area contributed by atoms with Crippen molar-refractivity contribution >= 4 is 17.8 Å². The second-order valence-electron chi connectivity index (χ2n) is 7.75. The zero-order valence-electron chi connectivity index (χ0n) is 19.0. The largest absolute Gasteiger partial charge is 0.490 e. The number of nitrogens with zero attached hydrogens (tertiary/aromatic N) is 1. The fourth-order valence-corrected chi connectivity index (χ4v) is 3.37. The minimum Gasteiger partial charge on any atom is -0.490 e. The van der Waals surface area contributed by atoms with Gasteiger partial charge in [0.05, 0.1) is 12.5 Å². The first-order chi connectivity index (χ1) is 16.0. The molecule has 1 heterocycles. The van der Waals surface area contributed by atoms with E-state index in [1.807, 2.05) is 37.3 Å². The summed E-state index contributed by atoms with van der Waals surface area (Å²) in [4.78, 5) is 39.1. The monoisotopic (exact) mass is 454 g/mol. The molecule has 2 amide bonds. The molecule has 1 saturated heterocycles. The van der Waals surface area contributed by atoms with Gasteiger partial charge in [0.1, 0.15) is 30.8 Å². The van der Waals surface area contributed by atoms with Gasteiger partial charge in [-0.25, -0.2) is 0 Å². The van der Waals surface area contributed by atoms with Crippen LogP contribution in [0.4, 0.5) is 0 Å². The molecule has 3 rings (SSSR count). The lowest BCUT2D eigenvalue weighted by molar-refractivity contribution is -0.151. The topological polar surface area (TPSA) is 94.2 Å². The van der Waals surface area contributed by atoms with E-state index in [0.29, 0.717) is 44.0 Å². The maximum atomic E-state index is 13.1. The zero-order chi connectivity index (χ0) is 23.6. The summed E-state index contributed by atoms with van der Waals surface area (Å²) < 4.78 is 16.6. The van der Waals surface area contributed by atoms with Gasteiger partial charge in [-0.1, -0.05) is 25.1 Å². The Morgan fingerprint density at radius 1 is 1.03 bits per heavy atom. The third kappa shape index (κ3) is 6.97. The Labute approximate surface area is 193 Å². The summed E-state index contributed by atoms with van der Waals surface area (Å²) >= 11 is 0. The highest BCUT2D eigenvalue weighted by atomic mass is 16.5. The molecule has 2 aromatic carbocycles. The summed E-state index contributed by atoms with van der Waals surface area (Å²) in [5.74, 6) is 0.216. The van der Waals surface area contributed by atoms with Gasteiger partial charge in [-0.15, -0.1) is 0 Å². The molecule has 0 aliphatic carbocycles. The molecule has 33 heavy (non-hydrogen) atoms. The molecule has 0 aromatic heterocycles. The molecular formula is C25H30N2O6. The maximum absolute atomic E-state index is 13.1. The summed E-state index contributed by atoms with van der Waals surface area (Å²) in [7, 11) is 0. The van der Waals surface area contributed by atoms with Crippen LogP contribution in [0.3, 0.4) is 0 Å². The first-order valence-electron chi connectivity index (χ1n) is 11.2. The third-order valence-electron chi connectivity index (χ3n) is 5.32. The molecule has 1 N–H and O–H groups in total. The highest BCUT2D eigenvalue weighted by molar-refractivity contribution is 5.99. The van der Waals surface area contributed by atoms with Gasteiger partial charge in [-0.2, -0.15) is 0 Å². The summed E-state index contributed by atoms with van der Waals surface area (Å²) in [5.41, 5.74) is 0.415. The first kappa shape index (κ1) is 24.1. The fraction of sp³-hybridized carbons (Fsp3) is 0.400. The number of ether oxygens (including phenoxy) is 3. The molecule has 2 unspecified atom stereocenters. The van der Waals surface area contributed by atoms with Crippen molar-refractivity contribution in [3.63, 3.8) is 0 Å². The average molecular weight is 455 g/mol. The van der Waals surface area contributed by atoms with Crippen molar-refractivity contribution in [3.05, 3.63) is 60.2 Å². The van der Waals surface area contributed by atoms with Gasteiger partial charge in [0.2, 0.25) is 5.91 Å². The van der Waals surface area contributed by atoms with Gasteiger partial charge in [-0.3, -0.25) is 14.4 Å². The van der Waals surface area contributed by atoms with E-state index in [2.05, 4.69) is 5.32 Å². The van der Waals surface area contributed by atoms with Crippen LogP contribution < -0.4 is 14.8 Å². The molecule has 2 aromatic rings. The molecule has 1 aliphatic heterocycles. The van der Waals surface area contributed by atoms with Crippen molar-refractivity contribution < 1.29 is 28.6 Å². The Morgan fingerprint density at radius 3 is 2.30 bits per heavy atom. The summed E-state index contributed by atoms with van der Waals surface area (Å²) in [6, 6.07) is 15.3. The maximum Gasteiger partial charge on any atom is 0.308 e. The second kappa shape index (κ2) is 11.9. The molecule has 0 bridgehead atoms. The predicted molar refractivity (Wildman–Crippen MR) is 122 cm³/mol. The van der Waals surface area contributed by atoms with Crippen LogP contribution in [-0.2, 0) is 14.3 Å². The quantitative estimate of drug-likeness (QED) is 0.438. The molecular weight excluding hydrogens is 424 g/mol. The lowest BCUT2D eigenvalue weighted by atomic mass is 10.1. The van der Waals surface area contributed by atoms with E-state index in [0.717, 1.165) is 5.75 Å². The molecule has 0 radical (unpaired) electrons. The van der Waals surface area contributed by atoms with E-state index < -0.39 is 12.0 Å². The summed E-state index contributed by atoms with van der Waals surface area (Å²) in [6.45, 7) is 5.10. The zero-order valence-corrected chi connectivity index (χ0v) is 19.0. The summed E-state index contributed by atoms with van der Waals surface area (Å²) in [5, 5.41) is 2.72. The van der Waals surface area contributed by atoms with E-state index in [-0.39, 0.29) is 24.3 Å². The standard InChI is InChI=1S/C25H30N2O6/c1-3-18(2)33-23(28)17-22-24(29)26-13-14-27(22)25(30)19-9-11-21(12-10-19)32-16-15-31-20-7-5-4-6-8-20/h4-12,18,22H,3,13-17H2,1-2H3,(H,26,29). The molecule has 0 spiro atoms. The van der Waals surface area contributed by atoms with Crippen molar-refractivity contribution in [2.75, 3.05) is 26.3 Å². The number of piperazine rings is 1. The number of rotatable bonds is 10. The van der Waals surface area contributed by atoms with Gasteiger partial charge >= 0.3 is 5.97 Å². The smallest absolute Gasteiger partial charge is 0.308 e. The van der Waals surface area contributed by atoms with Crippen LogP contribution in [0.25, 0.3) is 0 Å². The Hall–Kier alpha value is -3.55. The number of para-hydroxylation sites is 1. The van der Waals surface area contributed by atoms with E-state index >= 15 is 0 Å². The molecule has 2 atom stereocenters. The Balaban J connectivity index is 1.55. The van der Waals surface area contributed by atoms with Crippen molar-refractivity contribution in [3.8, 4) is 11.5 Å². The number of nitrogens with one attached hydrogen (secondary N) is 1. The fourth-order valence-electron chi connectivity index (χ4n) is 3.37. The number of hydrogen-bond acceptors (Lipinski definition) is 6. The highest BCUT2D eigenvalue weighted by Gasteiger charge is 2.35. The summed E-state index contributed by atoms with van der Waals surface area (Å²) in [6.07, 6.45) is 0.265. The normalized spacial score (nSPS) is 16.5. The predicted octanol–water partition coefficient (Wildman–Crippen LogP) is 2.82. The van der Waals surface area contributed by atoms with E-state index in [1.54, 1.807) is 31.2 Å². The Morgan fingerprint density at radius 2 is 1.67 bits per heavy atom. The van der Waals surface area contributed by atoms with Crippen LogP contribution in [0.5, 0.6) is 11.5 Å². The van der Waals surface area contributed by atoms with Gasteiger partial charge < -0.3 is 24.4 Å². The van der Waals surface area contributed by atoms with Gasteiger partial charge in [-0.05, 0) is 49.7 Å². The molecule has 0 saturated carbocycles. The van der Waals surface area contributed by atoms with Crippen LogP contribution in [0.1, 0.15) is 37.0 Å². The van der Waals surface area contributed by atoms with Crippen molar-refractivity contribution in [1.29, 1.82) is 0 Å². The third-order valence-corrected chi connectivity index (χ3v) is 5.32. The van der Waals surface area contributed by atoms with Crippen LogP contribution >= 0.6 is 0 Å². The molecule has 8 nitrogen and oxygen atoms in total. The molecule has 176 valence electrons. The van der Waals surface area contributed by atoms with Crippen molar-refractivity contribution in [1.82, 2.24) is 10.2 Å². The second-order valence-corrected chi connectivity index (χ2v) is 7.75. The van der Waals surface area contributed by atoms with Crippen molar-refractivity contribution in [2.24, 2.45) is 0 Å². The van der Waals surface area contributed by atoms with Gasteiger partial charge in [0.25, 0.3) is 5.91 Å². The van der Waals surface area contributed by atoms with E-state index in [4.69, 9.17) is 14.2 Å². The average Bonchev–Trinajstić information content (AvgIpc) is 2.83. The first-order valence-corrected chi connectivity index (χ1v) is 11.2. The Kier molecular flexibility index (Phi) is 8.69. The Bertz CT molecular complexity index is 932. The van der Waals surface area contributed by atoms with Crippen LogP contribution in [0.15, 0.2) is 54.6 Å². The molecule has 1 fully saturated rings. The molecule has 1 aliphatic rings. The number of amides is 2. The minimum absolute atomic E-state index is 0.176. The lowest BCUT2D eigenvalue weighted by Crippen LogP contribution is -2.57. The van der Waals surface area contributed by atoms with Crippen LogP contribution in [-0.4, -0.2) is 61.1 Å². The minimum atomic E-state index is -0.895. The number of carbonyl (C=O) groups excluding carboxylic acids is 3. The van der Waals surface area contributed by atoms with E-state index in [1.165, 1.54) is 4.90 Å². The number of benzene rings is 2. The highest BCUT2D eigenvalue weighted by Crippen LogP contribution is 2.18. The number of esters is 1. The van der Waals surface area contributed by atoms with Gasteiger partial charge in [0.15, 0.2) is 0 Å². The molecule has 8 heteroatoms. The lowest BCUT2D eigenvalue weighted by Gasteiger charge is -2.34. The SMILES string of the molecule is CCC(C)OC(=O)CC1C(=O)NCCN1C(=O)c1ccc(OCCOc2ccccc2)cc1. The number of carbonyl (C=O) groups is 3. The van der Waals surface area contributed by atoms with E-state index in [9.17, 15) is 14.4 Å². The van der Waals surface area contributed by atoms with Gasteiger partial charge in [0, 0.05) is 18.7 Å². The number of hydrogen-bond donors (Lipinski definition) is 1. The van der Waals surface area contributed by atoms with Crippen LogP contribution in [0.2, 0.25) is 0 Å². The van der Waals surface area contributed by atoms with Crippen molar-refractivity contribution in [2.45, 2.75) is 38.8 Å². The van der Waals surface area contributed by atoms with Crippen LogP contribution in [0, 0.1) is 0 Å².